The highest BCUT2D eigenvalue weighted by atomic mass is 35.5. The van der Waals surface area contributed by atoms with Crippen molar-refractivity contribution in [2.24, 2.45) is 4.99 Å². The van der Waals surface area contributed by atoms with Gasteiger partial charge in [0.05, 0.1) is 5.88 Å². The molecule has 0 unspecified atom stereocenters. The number of rotatable bonds is 1. The van der Waals surface area contributed by atoms with Crippen molar-refractivity contribution < 1.29 is 0 Å². The fourth-order valence-electron chi connectivity index (χ4n) is 0.0598. The standard InChI is InChI=1S/C4H8ClN/c1-4(3-5)6-2/h3H2,1-2H3. The summed E-state index contributed by atoms with van der Waals surface area (Å²) in [6.45, 7) is 1.90. The van der Waals surface area contributed by atoms with E-state index in [1.54, 1.807) is 7.05 Å². The van der Waals surface area contributed by atoms with Crippen LogP contribution in [0.2, 0.25) is 0 Å². The molecule has 0 aliphatic carbocycles. The Morgan fingerprint density at radius 3 is 2.33 bits per heavy atom. The number of hydrogen-bond donors (Lipinski definition) is 0. The van der Waals surface area contributed by atoms with E-state index in [-0.39, 0.29) is 0 Å². The van der Waals surface area contributed by atoms with Crippen LogP contribution < -0.4 is 0 Å². The van der Waals surface area contributed by atoms with E-state index in [9.17, 15) is 0 Å². The zero-order chi connectivity index (χ0) is 4.99. The van der Waals surface area contributed by atoms with Crippen molar-refractivity contribution in [3.05, 3.63) is 0 Å². The van der Waals surface area contributed by atoms with Gasteiger partial charge in [-0.2, -0.15) is 0 Å². The zero-order valence-corrected chi connectivity index (χ0v) is 4.79. The second kappa shape index (κ2) is 3.16. The Morgan fingerprint density at radius 2 is 2.33 bits per heavy atom. The number of hydrogen-bond acceptors (Lipinski definition) is 1. The molecule has 0 aromatic heterocycles. The summed E-state index contributed by atoms with van der Waals surface area (Å²) in [6.07, 6.45) is 0. The molecule has 0 saturated carbocycles. The van der Waals surface area contributed by atoms with Gasteiger partial charge in [0.1, 0.15) is 0 Å². The predicted octanol–water partition coefficient (Wildman–Crippen LogP) is 1.32. The Morgan fingerprint density at radius 1 is 1.83 bits per heavy atom. The van der Waals surface area contributed by atoms with Gasteiger partial charge in [-0.05, 0) is 6.92 Å². The van der Waals surface area contributed by atoms with E-state index in [1.165, 1.54) is 0 Å². The van der Waals surface area contributed by atoms with Crippen molar-refractivity contribution in [3.8, 4) is 0 Å². The lowest BCUT2D eigenvalue weighted by molar-refractivity contribution is 1.41. The average Bonchev–Trinajstić information content (AvgIpc) is 1.65. The van der Waals surface area contributed by atoms with Crippen LogP contribution >= 0.6 is 11.6 Å². The van der Waals surface area contributed by atoms with Gasteiger partial charge in [-0.25, -0.2) is 0 Å². The highest BCUT2D eigenvalue weighted by Crippen LogP contribution is 1.77. The van der Waals surface area contributed by atoms with Crippen molar-refractivity contribution in [2.45, 2.75) is 6.92 Å². The molecule has 36 valence electrons. The van der Waals surface area contributed by atoms with Gasteiger partial charge in [-0.3, -0.25) is 4.99 Å². The summed E-state index contributed by atoms with van der Waals surface area (Å²) in [6, 6.07) is 0. The zero-order valence-electron chi connectivity index (χ0n) is 4.03. The van der Waals surface area contributed by atoms with Crippen LogP contribution in [-0.2, 0) is 0 Å². The average molecular weight is 106 g/mol. The summed E-state index contributed by atoms with van der Waals surface area (Å²) in [4.78, 5) is 3.79. The third kappa shape index (κ3) is 2.21. The minimum Gasteiger partial charge on any atom is -0.296 e. The maximum Gasteiger partial charge on any atom is 0.0600 e. The van der Waals surface area contributed by atoms with Crippen LogP contribution in [-0.4, -0.2) is 18.6 Å². The minimum absolute atomic E-state index is 0.552. The van der Waals surface area contributed by atoms with Gasteiger partial charge >= 0.3 is 0 Å². The van der Waals surface area contributed by atoms with Crippen LogP contribution in [0.1, 0.15) is 6.92 Å². The first-order valence-corrected chi connectivity index (χ1v) is 2.33. The summed E-state index contributed by atoms with van der Waals surface area (Å²) in [5.74, 6) is 0.552. The minimum atomic E-state index is 0.552. The summed E-state index contributed by atoms with van der Waals surface area (Å²) >= 11 is 5.32. The molecule has 0 aliphatic heterocycles. The fourth-order valence-corrected chi connectivity index (χ4v) is 0.179. The molecule has 0 amide bonds. The molecule has 0 fully saturated rings. The highest BCUT2D eigenvalue weighted by Gasteiger charge is 1.77. The molecule has 6 heavy (non-hydrogen) atoms. The van der Waals surface area contributed by atoms with E-state index in [1.807, 2.05) is 6.92 Å². The number of halogens is 1. The second-order valence-corrected chi connectivity index (χ2v) is 1.36. The predicted molar refractivity (Wildman–Crippen MR) is 29.8 cm³/mol. The van der Waals surface area contributed by atoms with Crippen LogP contribution in [0.25, 0.3) is 0 Å². The summed E-state index contributed by atoms with van der Waals surface area (Å²) in [5, 5.41) is 0. The van der Waals surface area contributed by atoms with E-state index in [0.29, 0.717) is 5.88 Å². The van der Waals surface area contributed by atoms with Crippen LogP contribution in [0, 0.1) is 0 Å². The van der Waals surface area contributed by atoms with Crippen molar-refractivity contribution in [3.63, 3.8) is 0 Å². The van der Waals surface area contributed by atoms with Gasteiger partial charge in [0.2, 0.25) is 0 Å². The lowest BCUT2D eigenvalue weighted by Gasteiger charge is -1.82. The maximum absolute atomic E-state index is 5.32. The largest absolute Gasteiger partial charge is 0.296 e. The summed E-state index contributed by atoms with van der Waals surface area (Å²) in [5.41, 5.74) is 0.983. The maximum atomic E-state index is 5.32. The normalized spacial score (nSPS) is 12.2. The third-order valence-corrected chi connectivity index (χ3v) is 0.962. The molecular formula is C4H8ClN. The molecule has 0 rings (SSSR count). The number of alkyl halides is 1. The molecule has 0 atom stereocenters. The van der Waals surface area contributed by atoms with Crippen LogP contribution in [0.3, 0.4) is 0 Å². The number of nitrogens with zero attached hydrogens (tertiary/aromatic N) is 1. The van der Waals surface area contributed by atoms with Crippen molar-refractivity contribution in [2.75, 3.05) is 12.9 Å². The second-order valence-electron chi connectivity index (χ2n) is 1.09. The van der Waals surface area contributed by atoms with Gasteiger partial charge in [-0.15, -0.1) is 11.6 Å². The smallest absolute Gasteiger partial charge is 0.0600 e. The Bertz CT molecular complexity index is 58.6. The first kappa shape index (κ1) is 5.96. The first-order chi connectivity index (χ1) is 2.81. The lowest BCUT2D eigenvalue weighted by Crippen LogP contribution is -1.88. The van der Waals surface area contributed by atoms with Gasteiger partial charge in [-0.1, -0.05) is 0 Å². The van der Waals surface area contributed by atoms with Gasteiger partial charge < -0.3 is 0 Å². The van der Waals surface area contributed by atoms with Crippen LogP contribution in [0.15, 0.2) is 4.99 Å². The van der Waals surface area contributed by atoms with Crippen LogP contribution in [0.5, 0.6) is 0 Å². The van der Waals surface area contributed by atoms with E-state index in [0.717, 1.165) is 5.71 Å². The highest BCUT2D eigenvalue weighted by molar-refractivity contribution is 6.28. The Hall–Kier alpha value is -0.0400. The molecular weight excluding hydrogens is 97.5 g/mol. The van der Waals surface area contributed by atoms with Gasteiger partial charge in [0, 0.05) is 12.8 Å². The van der Waals surface area contributed by atoms with E-state index in [4.69, 9.17) is 11.6 Å². The molecule has 1 nitrogen and oxygen atoms in total. The molecule has 0 spiro atoms. The molecule has 0 radical (unpaired) electrons. The molecule has 0 heterocycles. The van der Waals surface area contributed by atoms with Crippen molar-refractivity contribution >= 4 is 17.3 Å². The summed E-state index contributed by atoms with van der Waals surface area (Å²) in [7, 11) is 1.73. The summed E-state index contributed by atoms with van der Waals surface area (Å²) < 4.78 is 0. The number of aliphatic imine (C=N–C) groups is 1. The first-order valence-electron chi connectivity index (χ1n) is 1.79. The Balaban J connectivity index is 3.22. The molecule has 0 aliphatic rings. The van der Waals surface area contributed by atoms with E-state index >= 15 is 0 Å². The molecule has 0 aromatic carbocycles. The van der Waals surface area contributed by atoms with E-state index < -0.39 is 0 Å². The third-order valence-electron chi connectivity index (χ3n) is 0.575. The Labute approximate surface area is 43.0 Å². The molecule has 2 heteroatoms. The van der Waals surface area contributed by atoms with E-state index in [2.05, 4.69) is 4.99 Å². The quantitative estimate of drug-likeness (QED) is 0.352. The van der Waals surface area contributed by atoms with Crippen LogP contribution in [0.4, 0.5) is 0 Å². The topological polar surface area (TPSA) is 12.4 Å². The van der Waals surface area contributed by atoms with Crippen molar-refractivity contribution in [1.29, 1.82) is 0 Å². The monoisotopic (exact) mass is 105 g/mol. The molecule has 0 N–H and O–H groups in total. The van der Waals surface area contributed by atoms with Gasteiger partial charge in [0.25, 0.3) is 0 Å². The molecule has 0 bridgehead atoms. The molecule has 0 saturated heterocycles. The lowest BCUT2D eigenvalue weighted by atomic mass is 10.5. The van der Waals surface area contributed by atoms with Crippen molar-refractivity contribution in [1.82, 2.24) is 0 Å². The Kier molecular flexibility index (Phi) is 3.14. The SMILES string of the molecule is CN=C(C)CCl. The van der Waals surface area contributed by atoms with Gasteiger partial charge in [0.15, 0.2) is 0 Å². The molecule has 0 aromatic rings. The fraction of sp³-hybridized carbons (Fsp3) is 0.750.